The van der Waals surface area contributed by atoms with E-state index in [1.165, 1.54) is 0 Å². The van der Waals surface area contributed by atoms with Gasteiger partial charge in [0.25, 0.3) is 5.91 Å². The molecule has 6 heteroatoms. The first kappa shape index (κ1) is 13.1. The Morgan fingerprint density at radius 3 is 2.95 bits per heavy atom. The first-order valence-corrected chi connectivity index (χ1v) is 6.57. The molecule has 106 valence electrons. The third-order valence-electron chi connectivity index (χ3n) is 3.23. The zero-order valence-electron chi connectivity index (χ0n) is 11.6. The van der Waals surface area contributed by atoms with Gasteiger partial charge in [-0.2, -0.15) is 5.10 Å². The van der Waals surface area contributed by atoms with Gasteiger partial charge in [-0.25, -0.2) is 0 Å². The van der Waals surface area contributed by atoms with Crippen LogP contribution in [0.3, 0.4) is 0 Å². The van der Waals surface area contributed by atoms with Crippen molar-refractivity contribution in [2.24, 2.45) is 0 Å². The summed E-state index contributed by atoms with van der Waals surface area (Å²) in [6, 6.07) is 9.15. The maximum atomic E-state index is 12.2. The second kappa shape index (κ2) is 5.24. The fraction of sp³-hybridized carbons (Fsp3) is 0.133. The molecule has 3 aromatic rings. The van der Waals surface area contributed by atoms with Gasteiger partial charge in [0.05, 0.1) is 5.52 Å². The van der Waals surface area contributed by atoms with Gasteiger partial charge in [-0.1, -0.05) is 6.07 Å². The standard InChI is InChI=1S/C15H15N5O/c1-9-2-3-10(7-17-9)8-18-15(21)14-12-6-11(16)4-5-13(12)19-20-14/h2-7H,8,16H2,1H3,(H,18,21)(H,19,20). The van der Waals surface area contributed by atoms with Crippen LogP contribution in [0, 0.1) is 6.92 Å². The van der Waals surface area contributed by atoms with E-state index < -0.39 is 0 Å². The molecule has 0 aliphatic carbocycles. The van der Waals surface area contributed by atoms with Crippen LogP contribution in [0.25, 0.3) is 10.9 Å². The first-order chi connectivity index (χ1) is 10.1. The van der Waals surface area contributed by atoms with Crippen molar-refractivity contribution in [1.82, 2.24) is 20.5 Å². The highest BCUT2D eigenvalue weighted by Crippen LogP contribution is 2.18. The quantitative estimate of drug-likeness (QED) is 0.637. The predicted molar refractivity (Wildman–Crippen MR) is 80.7 cm³/mol. The number of nitrogen functional groups attached to an aromatic ring is 1. The monoisotopic (exact) mass is 281 g/mol. The van der Waals surface area contributed by atoms with Crippen molar-refractivity contribution < 1.29 is 4.79 Å². The number of anilines is 1. The molecule has 0 aliphatic heterocycles. The number of nitrogens with one attached hydrogen (secondary N) is 2. The van der Waals surface area contributed by atoms with Crippen molar-refractivity contribution in [3.8, 4) is 0 Å². The number of hydrogen-bond acceptors (Lipinski definition) is 4. The summed E-state index contributed by atoms with van der Waals surface area (Å²) in [6.45, 7) is 2.32. The molecule has 0 aliphatic rings. The van der Waals surface area contributed by atoms with Gasteiger partial charge < -0.3 is 11.1 Å². The minimum atomic E-state index is -0.243. The van der Waals surface area contributed by atoms with E-state index in [0.717, 1.165) is 22.2 Å². The number of benzene rings is 1. The Labute approximate surface area is 121 Å². The summed E-state index contributed by atoms with van der Waals surface area (Å²) in [5, 5.41) is 10.4. The maximum Gasteiger partial charge on any atom is 0.272 e. The van der Waals surface area contributed by atoms with E-state index in [1.54, 1.807) is 24.4 Å². The summed E-state index contributed by atoms with van der Waals surface area (Å²) in [4.78, 5) is 16.4. The Kier molecular flexibility index (Phi) is 3.27. The van der Waals surface area contributed by atoms with Crippen LogP contribution in [0.1, 0.15) is 21.7 Å². The number of amides is 1. The van der Waals surface area contributed by atoms with Crippen LogP contribution in [0.15, 0.2) is 36.5 Å². The maximum absolute atomic E-state index is 12.2. The summed E-state index contributed by atoms with van der Waals surface area (Å²) in [5.74, 6) is -0.243. The van der Waals surface area contributed by atoms with Gasteiger partial charge in [-0.05, 0) is 36.8 Å². The number of pyridine rings is 1. The molecule has 0 bridgehead atoms. The smallest absolute Gasteiger partial charge is 0.272 e. The second-order valence-electron chi connectivity index (χ2n) is 4.87. The molecule has 3 rings (SSSR count). The molecule has 4 N–H and O–H groups in total. The van der Waals surface area contributed by atoms with Crippen LogP contribution in [-0.2, 0) is 6.54 Å². The molecule has 0 unspecified atom stereocenters. The largest absolute Gasteiger partial charge is 0.399 e. The lowest BCUT2D eigenvalue weighted by Gasteiger charge is -2.04. The number of aryl methyl sites for hydroxylation is 1. The molecular formula is C15H15N5O. The lowest BCUT2D eigenvalue weighted by molar-refractivity contribution is 0.0947. The van der Waals surface area contributed by atoms with Crippen LogP contribution in [-0.4, -0.2) is 21.1 Å². The van der Waals surface area contributed by atoms with E-state index in [1.807, 2.05) is 19.1 Å². The lowest BCUT2D eigenvalue weighted by Crippen LogP contribution is -2.23. The Balaban J connectivity index is 1.78. The average Bonchev–Trinajstić information content (AvgIpc) is 2.89. The fourth-order valence-electron chi connectivity index (χ4n) is 2.07. The molecule has 1 amide bonds. The number of H-pyrrole nitrogens is 1. The fourth-order valence-corrected chi connectivity index (χ4v) is 2.07. The molecular weight excluding hydrogens is 266 g/mol. The number of hydrogen-bond donors (Lipinski definition) is 3. The molecule has 21 heavy (non-hydrogen) atoms. The first-order valence-electron chi connectivity index (χ1n) is 6.57. The molecule has 0 saturated heterocycles. The van der Waals surface area contributed by atoms with Crippen LogP contribution in [0.4, 0.5) is 5.69 Å². The van der Waals surface area contributed by atoms with Crippen molar-refractivity contribution in [3.63, 3.8) is 0 Å². The average molecular weight is 281 g/mol. The third-order valence-corrected chi connectivity index (χ3v) is 3.23. The van der Waals surface area contributed by atoms with Gasteiger partial charge in [-0.15, -0.1) is 0 Å². The van der Waals surface area contributed by atoms with Crippen molar-refractivity contribution in [1.29, 1.82) is 0 Å². The van der Waals surface area contributed by atoms with E-state index in [9.17, 15) is 4.79 Å². The minimum Gasteiger partial charge on any atom is -0.399 e. The molecule has 2 heterocycles. The molecule has 0 spiro atoms. The number of carbonyl (C=O) groups is 1. The van der Waals surface area contributed by atoms with Gasteiger partial charge in [-0.3, -0.25) is 14.9 Å². The topological polar surface area (TPSA) is 96.7 Å². The van der Waals surface area contributed by atoms with Crippen LogP contribution in [0.5, 0.6) is 0 Å². The highest BCUT2D eigenvalue weighted by Gasteiger charge is 2.13. The van der Waals surface area contributed by atoms with Crippen molar-refractivity contribution in [3.05, 3.63) is 53.5 Å². The Hall–Kier alpha value is -2.89. The number of carbonyl (C=O) groups excluding carboxylic acids is 1. The molecule has 1 aromatic carbocycles. The Bertz CT molecular complexity index is 791. The minimum absolute atomic E-state index is 0.243. The van der Waals surface area contributed by atoms with Crippen LogP contribution >= 0.6 is 0 Å². The number of fused-ring (bicyclic) bond motifs is 1. The van der Waals surface area contributed by atoms with Crippen LogP contribution in [0.2, 0.25) is 0 Å². The summed E-state index contributed by atoms with van der Waals surface area (Å²) < 4.78 is 0. The third kappa shape index (κ3) is 2.69. The van der Waals surface area contributed by atoms with E-state index in [0.29, 0.717) is 17.9 Å². The zero-order chi connectivity index (χ0) is 14.8. The molecule has 0 saturated carbocycles. The highest BCUT2D eigenvalue weighted by molar-refractivity contribution is 6.05. The normalized spacial score (nSPS) is 10.7. The molecule has 2 aromatic heterocycles. The van der Waals surface area contributed by atoms with Crippen molar-refractivity contribution in [2.45, 2.75) is 13.5 Å². The summed E-state index contributed by atoms with van der Waals surface area (Å²) in [6.07, 6.45) is 1.75. The number of rotatable bonds is 3. The van der Waals surface area contributed by atoms with Gasteiger partial charge in [0.2, 0.25) is 0 Å². The van der Waals surface area contributed by atoms with Gasteiger partial charge in [0.15, 0.2) is 5.69 Å². The van der Waals surface area contributed by atoms with E-state index in [-0.39, 0.29) is 5.91 Å². The van der Waals surface area contributed by atoms with Crippen LogP contribution < -0.4 is 11.1 Å². The summed E-state index contributed by atoms with van der Waals surface area (Å²) in [5.41, 5.74) is 9.36. The second-order valence-corrected chi connectivity index (χ2v) is 4.87. The lowest BCUT2D eigenvalue weighted by atomic mass is 10.2. The number of aromatic nitrogens is 3. The Morgan fingerprint density at radius 2 is 2.19 bits per heavy atom. The summed E-state index contributed by atoms with van der Waals surface area (Å²) >= 11 is 0. The van der Waals surface area contributed by atoms with Crippen molar-refractivity contribution in [2.75, 3.05) is 5.73 Å². The number of aromatic amines is 1. The zero-order valence-corrected chi connectivity index (χ0v) is 11.6. The molecule has 0 atom stereocenters. The highest BCUT2D eigenvalue weighted by atomic mass is 16.1. The summed E-state index contributed by atoms with van der Waals surface area (Å²) in [7, 11) is 0. The number of nitrogens with zero attached hydrogens (tertiary/aromatic N) is 2. The van der Waals surface area contributed by atoms with Gasteiger partial charge in [0, 0.05) is 29.5 Å². The van der Waals surface area contributed by atoms with E-state index in [4.69, 9.17) is 5.73 Å². The van der Waals surface area contributed by atoms with Gasteiger partial charge in [0.1, 0.15) is 0 Å². The molecule has 0 fully saturated rings. The SMILES string of the molecule is Cc1ccc(CNC(=O)c2n[nH]c3ccc(N)cc23)cn1. The van der Waals surface area contributed by atoms with E-state index >= 15 is 0 Å². The Morgan fingerprint density at radius 1 is 1.33 bits per heavy atom. The van der Waals surface area contributed by atoms with E-state index in [2.05, 4.69) is 20.5 Å². The van der Waals surface area contributed by atoms with Crippen molar-refractivity contribution >= 4 is 22.5 Å². The van der Waals surface area contributed by atoms with Gasteiger partial charge >= 0.3 is 0 Å². The molecule has 0 radical (unpaired) electrons. The number of nitrogens with two attached hydrogens (primary N) is 1. The predicted octanol–water partition coefficient (Wildman–Crippen LogP) is 1.78. The molecule has 6 nitrogen and oxygen atoms in total.